The molecule has 0 radical (unpaired) electrons. The molecule has 0 spiro atoms. The van der Waals surface area contributed by atoms with E-state index in [1.165, 1.54) is 0 Å². The molecular formula is C23H25N7O3S. The number of imide groups is 1. The van der Waals surface area contributed by atoms with Gasteiger partial charge in [-0.25, -0.2) is 4.79 Å². The highest BCUT2D eigenvalue weighted by Gasteiger charge is 2.48. The first-order chi connectivity index (χ1) is 16.3. The Morgan fingerprint density at radius 3 is 2.65 bits per heavy atom. The largest absolute Gasteiger partial charge is 0.344 e. The lowest BCUT2D eigenvalue weighted by atomic mass is 9.93. The van der Waals surface area contributed by atoms with Gasteiger partial charge in [-0.05, 0) is 61.2 Å². The molecule has 2 N–H and O–H groups in total. The van der Waals surface area contributed by atoms with Crippen LogP contribution in [0.5, 0.6) is 0 Å². The summed E-state index contributed by atoms with van der Waals surface area (Å²) in [6, 6.07) is 14.9. The normalized spacial score (nSPS) is 17.7. The highest BCUT2D eigenvalue weighted by atomic mass is 32.2. The fourth-order valence-electron chi connectivity index (χ4n) is 3.74. The van der Waals surface area contributed by atoms with Crippen molar-refractivity contribution in [3.8, 4) is 5.69 Å². The summed E-state index contributed by atoms with van der Waals surface area (Å²) < 4.78 is 1.56. The summed E-state index contributed by atoms with van der Waals surface area (Å²) >= 11 is 1.11. The number of aromatic nitrogens is 4. The van der Waals surface area contributed by atoms with Crippen molar-refractivity contribution in [2.45, 2.75) is 44.3 Å². The van der Waals surface area contributed by atoms with Gasteiger partial charge in [-0.3, -0.25) is 15.0 Å². The van der Waals surface area contributed by atoms with E-state index in [1.807, 2.05) is 62.4 Å². The first-order valence-electron chi connectivity index (χ1n) is 10.8. The number of rotatable bonds is 8. The van der Waals surface area contributed by atoms with Gasteiger partial charge in [0.05, 0.1) is 11.4 Å². The highest BCUT2D eigenvalue weighted by Crippen LogP contribution is 2.24. The van der Waals surface area contributed by atoms with Crippen molar-refractivity contribution in [3.63, 3.8) is 0 Å². The lowest BCUT2D eigenvalue weighted by Gasteiger charge is -2.21. The molecule has 176 valence electrons. The van der Waals surface area contributed by atoms with Gasteiger partial charge in [0.15, 0.2) is 0 Å². The van der Waals surface area contributed by atoms with Gasteiger partial charge in [0, 0.05) is 0 Å². The van der Waals surface area contributed by atoms with Crippen molar-refractivity contribution in [3.05, 3.63) is 65.2 Å². The summed E-state index contributed by atoms with van der Waals surface area (Å²) in [4.78, 5) is 37.9. The number of nitrogens with one attached hydrogen (secondary N) is 2. The quantitative estimate of drug-likeness (QED) is 0.376. The molecule has 2 heterocycles. The zero-order valence-electron chi connectivity index (χ0n) is 19.1. The van der Waals surface area contributed by atoms with Crippen LogP contribution < -0.4 is 10.7 Å². The Balaban J connectivity index is 1.36. The fourth-order valence-corrected chi connectivity index (χ4v) is 4.42. The topological polar surface area (TPSA) is 122 Å². The minimum Gasteiger partial charge on any atom is -0.322 e. The smallest absolute Gasteiger partial charge is 0.322 e. The van der Waals surface area contributed by atoms with Crippen LogP contribution in [0.15, 0.2) is 53.7 Å². The third-order valence-electron chi connectivity index (χ3n) is 5.61. The average Bonchev–Trinajstić information content (AvgIpc) is 3.35. The monoisotopic (exact) mass is 479 g/mol. The average molecular weight is 480 g/mol. The van der Waals surface area contributed by atoms with E-state index in [-0.39, 0.29) is 5.75 Å². The van der Waals surface area contributed by atoms with Crippen LogP contribution in [0.3, 0.4) is 0 Å². The van der Waals surface area contributed by atoms with Crippen LogP contribution in [0.4, 0.5) is 4.79 Å². The second kappa shape index (κ2) is 9.64. The zero-order valence-corrected chi connectivity index (χ0v) is 19.9. The summed E-state index contributed by atoms with van der Waals surface area (Å²) in [6.07, 6.45) is 1.02. The number of hydrazine groups is 1. The van der Waals surface area contributed by atoms with Gasteiger partial charge in [-0.2, -0.15) is 9.69 Å². The molecule has 11 heteroatoms. The molecule has 1 atom stereocenters. The highest BCUT2D eigenvalue weighted by molar-refractivity contribution is 7.99. The summed E-state index contributed by atoms with van der Waals surface area (Å²) in [5, 5.41) is 15.6. The molecule has 4 rings (SSSR count). The van der Waals surface area contributed by atoms with Crippen LogP contribution in [-0.4, -0.2) is 54.4 Å². The maximum Gasteiger partial charge on any atom is 0.344 e. The summed E-state index contributed by atoms with van der Waals surface area (Å²) in [5.74, 6) is -1.09. The van der Waals surface area contributed by atoms with Crippen molar-refractivity contribution < 1.29 is 14.4 Å². The molecule has 0 unspecified atom stereocenters. The fraction of sp³-hybridized carbons (Fsp3) is 0.304. The summed E-state index contributed by atoms with van der Waals surface area (Å²) in [5.41, 5.74) is 5.29. The Kier molecular flexibility index (Phi) is 6.64. The first-order valence-corrected chi connectivity index (χ1v) is 11.7. The summed E-state index contributed by atoms with van der Waals surface area (Å²) in [6.45, 7) is 5.62. The molecule has 34 heavy (non-hydrogen) atoms. The van der Waals surface area contributed by atoms with Gasteiger partial charge in [-0.15, -0.1) is 5.10 Å². The molecule has 0 aliphatic carbocycles. The Hall–Kier alpha value is -3.73. The molecule has 1 aromatic heterocycles. The van der Waals surface area contributed by atoms with E-state index in [0.29, 0.717) is 18.0 Å². The number of nitrogens with zero attached hydrogens (tertiary/aromatic N) is 5. The van der Waals surface area contributed by atoms with Crippen LogP contribution in [0, 0.1) is 13.8 Å². The van der Waals surface area contributed by atoms with Crippen LogP contribution in [0.25, 0.3) is 5.69 Å². The predicted molar refractivity (Wildman–Crippen MR) is 126 cm³/mol. The molecule has 3 aromatic rings. The second-order valence-corrected chi connectivity index (χ2v) is 9.32. The lowest BCUT2D eigenvalue weighted by molar-refractivity contribution is -0.138. The van der Waals surface area contributed by atoms with E-state index in [4.69, 9.17) is 0 Å². The lowest BCUT2D eigenvalue weighted by Crippen LogP contribution is -2.49. The Bertz CT molecular complexity index is 1230. The number of carbonyl (C=O) groups is 3. The number of tetrazole rings is 1. The first kappa shape index (κ1) is 23.4. The van der Waals surface area contributed by atoms with Crippen LogP contribution >= 0.6 is 11.8 Å². The molecule has 1 fully saturated rings. The molecule has 4 amide bonds. The number of hydrogen-bond acceptors (Lipinski definition) is 7. The number of benzene rings is 2. The van der Waals surface area contributed by atoms with Gasteiger partial charge in [-0.1, -0.05) is 59.8 Å². The van der Waals surface area contributed by atoms with Gasteiger partial charge in [0.1, 0.15) is 5.54 Å². The zero-order chi connectivity index (χ0) is 24.3. The Morgan fingerprint density at radius 2 is 1.91 bits per heavy atom. The molecule has 1 saturated heterocycles. The molecule has 1 aliphatic rings. The number of hydrogen-bond donors (Lipinski definition) is 2. The maximum absolute atomic E-state index is 12.9. The standard InChI is InChI=1S/C23H25N7O3S/c1-15-9-10-18(16(2)13-15)29-22(25-27-28-29)34-14-19(31)26-30-20(32)23(3,24-21(30)33)12-11-17-7-5-4-6-8-17/h4-10,13H,11-12,14H2,1-3H3,(H,24,33)(H,26,31)/t23-/m0/s1. The van der Waals surface area contributed by atoms with Crippen molar-refractivity contribution in [1.82, 2.24) is 36.0 Å². The van der Waals surface area contributed by atoms with E-state index in [9.17, 15) is 14.4 Å². The van der Waals surface area contributed by atoms with Gasteiger partial charge in [0.2, 0.25) is 11.1 Å². The SMILES string of the molecule is Cc1ccc(-n2nnnc2SCC(=O)NN2C(=O)N[C@@](C)(CCc3ccccc3)C2=O)c(C)c1. The number of thioether (sulfide) groups is 1. The van der Waals surface area contributed by atoms with E-state index in [1.54, 1.807) is 11.6 Å². The van der Waals surface area contributed by atoms with Crippen LogP contribution in [0.2, 0.25) is 0 Å². The second-order valence-electron chi connectivity index (χ2n) is 8.38. The molecular weight excluding hydrogens is 454 g/mol. The van der Waals surface area contributed by atoms with Crippen LogP contribution in [0.1, 0.15) is 30.0 Å². The van der Waals surface area contributed by atoms with Crippen molar-refractivity contribution >= 4 is 29.6 Å². The van der Waals surface area contributed by atoms with Gasteiger partial charge < -0.3 is 5.32 Å². The Labute approximate surface area is 201 Å². The molecule has 1 aliphatic heterocycles. The van der Waals surface area contributed by atoms with Crippen molar-refractivity contribution in [2.24, 2.45) is 0 Å². The number of aryl methyl sites for hydroxylation is 3. The number of amides is 4. The van der Waals surface area contributed by atoms with Crippen LogP contribution in [-0.2, 0) is 16.0 Å². The minimum absolute atomic E-state index is 0.0803. The Morgan fingerprint density at radius 1 is 1.15 bits per heavy atom. The molecule has 0 bridgehead atoms. The number of carbonyl (C=O) groups excluding carboxylic acids is 3. The van der Waals surface area contributed by atoms with E-state index in [2.05, 4.69) is 26.3 Å². The summed E-state index contributed by atoms with van der Waals surface area (Å²) in [7, 11) is 0. The van der Waals surface area contributed by atoms with Crippen molar-refractivity contribution in [2.75, 3.05) is 5.75 Å². The minimum atomic E-state index is -1.10. The third kappa shape index (κ3) is 4.93. The molecule has 0 saturated carbocycles. The van der Waals surface area contributed by atoms with E-state index in [0.717, 1.165) is 39.1 Å². The molecule has 2 aromatic carbocycles. The van der Waals surface area contributed by atoms with E-state index < -0.39 is 23.4 Å². The van der Waals surface area contributed by atoms with Crippen molar-refractivity contribution in [1.29, 1.82) is 0 Å². The molecule has 10 nitrogen and oxygen atoms in total. The van der Waals surface area contributed by atoms with Gasteiger partial charge in [0.25, 0.3) is 5.91 Å². The third-order valence-corrected chi connectivity index (χ3v) is 6.53. The van der Waals surface area contributed by atoms with Gasteiger partial charge >= 0.3 is 6.03 Å². The number of urea groups is 1. The predicted octanol–water partition coefficient (Wildman–Crippen LogP) is 2.35. The van der Waals surface area contributed by atoms with E-state index >= 15 is 0 Å². The maximum atomic E-state index is 12.9.